The second-order valence-corrected chi connectivity index (χ2v) is 3.04. The first kappa shape index (κ1) is 9.58. The number of aromatic amines is 1. The quantitative estimate of drug-likeness (QED) is 0.764. The highest BCUT2D eigenvalue weighted by Gasteiger charge is 2.08. The maximum Gasteiger partial charge on any atom is 0.247 e. The first-order valence-electron chi connectivity index (χ1n) is 4.31. The molecule has 0 unspecified atom stereocenters. The van der Waals surface area contributed by atoms with E-state index in [1.807, 2.05) is 0 Å². The van der Waals surface area contributed by atoms with E-state index in [4.69, 9.17) is 0 Å². The lowest BCUT2D eigenvalue weighted by Gasteiger charge is -2.02. The van der Waals surface area contributed by atoms with E-state index < -0.39 is 11.6 Å². The Morgan fingerprint density at radius 2 is 1.87 bits per heavy atom. The first-order chi connectivity index (χ1) is 7.18. The Morgan fingerprint density at radius 1 is 1.07 bits per heavy atom. The van der Waals surface area contributed by atoms with Crippen molar-refractivity contribution in [2.45, 2.75) is 0 Å². The van der Waals surface area contributed by atoms with Gasteiger partial charge in [0.15, 0.2) is 11.6 Å². The standard InChI is InChI=1S/C11H7F2NO/c12-9-3-1-2-8(11(9)13)7-4-5-10(15)14-6-7/h1-6H,(H,14,15). The highest BCUT2D eigenvalue weighted by molar-refractivity contribution is 5.62. The van der Waals surface area contributed by atoms with E-state index >= 15 is 0 Å². The van der Waals surface area contributed by atoms with Gasteiger partial charge in [-0.25, -0.2) is 8.78 Å². The Balaban J connectivity index is 2.59. The molecule has 15 heavy (non-hydrogen) atoms. The highest BCUT2D eigenvalue weighted by atomic mass is 19.2. The van der Waals surface area contributed by atoms with Gasteiger partial charge in [0.05, 0.1) is 0 Å². The van der Waals surface area contributed by atoms with E-state index in [-0.39, 0.29) is 11.1 Å². The minimum Gasteiger partial charge on any atom is -0.328 e. The molecule has 0 aliphatic rings. The van der Waals surface area contributed by atoms with Gasteiger partial charge in [0, 0.05) is 23.4 Å². The van der Waals surface area contributed by atoms with Crippen molar-refractivity contribution in [1.82, 2.24) is 4.98 Å². The Kier molecular flexibility index (Phi) is 2.33. The van der Waals surface area contributed by atoms with Crippen molar-refractivity contribution in [2.24, 2.45) is 0 Å². The minimum absolute atomic E-state index is 0.131. The molecule has 0 fully saturated rings. The van der Waals surface area contributed by atoms with Crippen LogP contribution >= 0.6 is 0 Å². The zero-order chi connectivity index (χ0) is 10.8. The average Bonchev–Trinajstić information content (AvgIpc) is 2.24. The maximum atomic E-state index is 13.3. The van der Waals surface area contributed by atoms with Gasteiger partial charge in [-0.1, -0.05) is 12.1 Å². The Labute approximate surface area is 84.2 Å². The number of rotatable bonds is 1. The summed E-state index contributed by atoms with van der Waals surface area (Å²) in [7, 11) is 0. The van der Waals surface area contributed by atoms with Crippen molar-refractivity contribution in [1.29, 1.82) is 0 Å². The topological polar surface area (TPSA) is 32.9 Å². The SMILES string of the molecule is O=c1ccc(-c2cccc(F)c2F)c[nH]1. The zero-order valence-electron chi connectivity index (χ0n) is 7.63. The number of halogens is 2. The second kappa shape index (κ2) is 3.65. The van der Waals surface area contributed by atoms with E-state index in [1.165, 1.54) is 30.5 Å². The fraction of sp³-hybridized carbons (Fsp3) is 0. The number of aromatic nitrogens is 1. The second-order valence-electron chi connectivity index (χ2n) is 3.04. The van der Waals surface area contributed by atoms with Crippen molar-refractivity contribution >= 4 is 0 Å². The van der Waals surface area contributed by atoms with Gasteiger partial charge in [-0.2, -0.15) is 0 Å². The average molecular weight is 207 g/mol. The third-order valence-corrected chi connectivity index (χ3v) is 2.05. The fourth-order valence-corrected chi connectivity index (χ4v) is 1.30. The van der Waals surface area contributed by atoms with E-state index in [0.29, 0.717) is 5.56 Å². The van der Waals surface area contributed by atoms with Crippen LogP contribution in [0.4, 0.5) is 8.78 Å². The summed E-state index contributed by atoms with van der Waals surface area (Å²) in [5.41, 5.74) is 0.286. The summed E-state index contributed by atoms with van der Waals surface area (Å²) < 4.78 is 26.2. The van der Waals surface area contributed by atoms with Crippen LogP contribution < -0.4 is 5.56 Å². The Morgan fingerprint density at radius 3 is 2.53 bits per heavy atom. The molecule has 0 saturated carbocycles. The molecule has 0 atom stereocenters. The van der Waals surface area contributed by atoms with E-state index in [1.54, 1.807) is 0 Å². The van der Waals surface area contributed by atoms with Gasteiger partial charge in [-0.15, -0.1) is 0 Å². The number of hydrogen-bond donors (Lipinski definition) is 1. The first-order valence-corrected chi connectivity index (χ1v) is 4.31. The van der Waals surface area contributed by atoms with Crippen molar-refractivity contribution in [3.8, 4) is 11.1 Å². The summed E-state index contributed by atoms with van der Waals surface area (Å²) in [6, 6.07) is 6.62. The molecule has 2 rings (SSSR count). The van der Waals surface area contributed by atoms with Crippen LogP contribution in [-0.4, -0.2) is 4.98 Å². The van der Waals surface area contributed by atoms with Crippen molar-refractivity contribution in [3.05, 3.63) is 58.5 Å². The summed E-state index contributed by atoms with van der Waals surface area (Å²) >= 11 is 0. The van der Waals surface area contributed by atoms with Crippen molar-refractivity contribution < 1.29 is 8.78 Å². The van der Waals surface area contributed by atoms with Crippen LogP contribution in [0.15, 0.2) is 41.3 Å². The summed E-state index contributed by atoms with van der Waals surface area (Å²) in [5.74, 6) is -1.82. The molecular weight excluding hydrogens is 200 g/mol. The normalized spacial score (nSPS) is 10.3. The molecule has 0 bridgehead atoms. The van der Waals surface area contributed by atoms with Crippen LogP contribution in [0.25, 0.3) is 11.1 Å². The third kappa shape index (κ3) is 1.79. The number of benzene rings is 1. The van der Waals surface area contributed by atoms with Crippen LogP contribution in [0.1, 0.15) is 0 Å². The van der Waals surface area contributed by atoms with Gasteiger partial charge in [0.2, 0.25) is 5.56 Å². The fourth-order valence-electron chi connectivity index (χ4n) is 1.30. The molecule has 0 aliphatic heterocycles. The molecule has 4 heteroatoms. The van der Waals surface area contributed by atoms with Gasteiger partial charge in [0.1, 0.15) is 0 Å². The molecule has 1 aromatic carbocycles. The molecule has 1 N–H and O–H groups in total. The van der Waals surface area contributed by atoms with E-state index in [2.05, 4.69) is 4.98 Å². The van der Waals surface area contributed by atoms with Gasteiger partial charge in [-0.3, -0.25) is 4.79 Å². The number of H-pyrrole nitrogens is 1. The van der Waals surface area contributed by atoms with E-state index in [9.17, 15) is 13.6 Å². The molecule has 2 nitrogen and oxygen atoms in total. The number of nitrogens with one attached hydrogen (secondary N) is 1. The molecule has 0 aliphatic carbocycles. The van der Waals surface area contributed by atoms with Gasteiger partial charge >= 0.3 is 0 Å². The smallest absolute Gasteiger partial charge is 0.247 e. The van der Waals surface area contributed by atoms with Gasteiger partial charge in [-0.05, 0) is 12.1 Å². The van der Waals surface area contributed by atoms with Crippen LogP contribution in [0.5, 0.6) is 0 Å². The summed E-state index contributed by atoms with van der Waals surface area (Å²) in [4.78, 5) is 13.2. The maximum absolute atomic E-state index is 13.3. The molecule has 0 spiro atoms. The number of hydrogen-bond acceptors (Lipinski definition) is 1. The lowest BCUT2D eigenvalue weighted by atomic mass is 10.1. The molecule has 0 amide bonds. The minimum atomic E-state index is -0.912. The predicted octanol–water partition coefficient (Wildman–Crippen LogP) is 2.32. The predicted molar refractivity (Wildman–Crippen MR) is 52.4 cm³/mol. The molecule has 2 aromatic rings. The van der Waals surface area contributed by atoms with E-state index in [0.717, 1.165) is 6.07 Å². The largest absolute Gasteiger partial charge is 0.328 e. The summed E-state index contributed by atoms with van der Waals surface area (Å²) in [5, 5.41) is 0. The lowest BCUT2D eigenvalue weighted by molar-refractivity contribution is 0.511. The van der Waals surface area contributed by atoms with Crippen LogP contribution in [-0.2, 0) is 0 Å². The van der Waals surface area contributed by atoms with Gasteiger partial charge in [0.25, 0.3) is 0 Å². The molecular formula is C11H7F2NO. The molecule has 1 heterocycles. The molecule has 76 valence electrons. The summed E-state index contributed by atoms with van der Waals surface area (Å²) in [6.45, 7) is 0. The van der Waals surface area contributed by atoms with Crippen LogP contribution in [0.3, 0.4) is 0 Å². The Hall–Kier alpha value is -1.97. The van der Waals surface area contributed by atoms with Gasteiger partial charge < -0.3 is 4.98 Å². The lowest BCUT2D eigenvalue weighted by Crippen LogP contribution is -2.02. The summed E-state index contributed by atoms with van der Waals surface area (Å²) in [6.07, 6.45) is 1.35. The van der Waals surface area contributed by atoms with Crippen molar-refractivity contribution in [2.75, 3.05) is 0 Å². The monoisotopic (exact) mass is 207 g/mol. The Bertz CT molecular complexity index is 528. The van der Waals surface area contributed by atoms with Crippen molar-refractivity contribution in [3.63, 3.8) is 0 Å². The zero-order valence-corrected chi connectivity index (χ0v) is 7.63. The molecule has 0 radical (unpaired) electrons. The van der Waals surface area contributed by atoms with Crippen LogP contribution in [0.2, 0.25) is 0 Å². The third-order valence-electron chi connectivity index (χ3n) is 2.05. The number of pyridine rings is 1. The highest BCUT2D eigenvalue weighted by Crippen LogP contribution is 2.22. The van der Waals surface area contributed by atoms with Crippen LogP contribution in [0, 0.1) is 11.6 Å². The molecule has 1 aromatic heterocycles. The molecule has 0 saturated heterocycles.